The predicted octanol–water partition coefficient (Wildman–Crippen LogP) is 5.22. The zero-order chi connectivity index (χ0) is 15.9. The summed E-state index contributed by atoms with van der Waals surface area (Å²) in [6, 6.07) is 30.1. The van der Waals surface area contributed by atoms with Crippen molar-refractivity contribution in [2.45, 2.75) is 12.0 Å². The van der Waals surface area contributed by atoms with Crippen LogP contribution in [0.1, 0.15) is 28.7 Å². The molecule has 0 aliphatic heterocycles. The third-order valence-corrected chi connectivity index (χ3v) is 3.96. The van der Waals surface area contributed by atoms with Crippen LogP contribution in [0.3, 0.4) is 0 Å². The van der Waals surface area contributed by atoms with Gasteiger partial charge in [0, 0.05) is 5.92 Å². The molecule has 0 bridgehead atoms. The highest BCUT2D eigenvalue weighted by atomic mass is 16.3. The van der Waals surface area contributed by atoms with Gasteiger partial charge in [0.15, 0.2) is 0 Å². The van der Waals surface area contributed by atoms with Crippen molar-refractivity contribution >= 4 is 6.08 Å². The molecule has 3 aromatic rings. The Morgan fingerprint density at radius 1 is 0.609 bits per heavy atom. The summed E-state index contributed by atoms with van der Waals surface area (Å²) in [5.41, 5.74) is 3.17. The summed E-state index contributed by atoms with van der Waals surface area (Å²) in [4.78, 5) is 0. The molecule has 0 aliphatic rings. The molecular weight excluding hydrogens is 280 g/mol. The largest absolute Gasteiger partial charge is 0.387 e. The molecule has 0 aliphatic carbocycles. The van der Waals surface area contributed by atoms with Gasteiger partial charge in [0.2, 0.25) is 0 Å². The Morgan fingerprint density at radius 3 is 1.65 bits per heavy atom. The van der Waals surface area contributed by atoms with E-state index in [0.717, 1.165) is 16.7 Å². The summed E-state index contributed by atoms with van der Waals surface area (Å²) in [6.07, 6.45) is 3.59. The van der Waals surface area contributed by atoms with Crippen LogP contribution < -0.4 is 0 Å². The third kappa shape index (κ3) is 3.97. The Kier molecular flexibility index (Phi) is 5.02. The van der Waals surface area contributed by atoms with Gasteiger partial charge in [-0.3, -0.25) is 0 Å². The molecular formula is C22H20O. The standard InChI is InChI=1S/C22H20O/c23-22(20-14-8-3-9-15-20)21(19-12-6-2-7-13-19)17-16-18-10-4-1-5-11-18/h1-17,21-23H/b17-16-/t21-,22-/m0/s1. The number of hydrogen-bond acceptors (Lipinski definition) is 1. The number of hydrogen-bond donors (Lipinski definition) is 1. The van der Waals surface area contributed by atoms with Crippen LogP contribution in [0.25, 0.3) is 6.08 Å². The van der Waals surface area contributed by atoms with Gasteiger partial charge >= 0.3 is 0 Å². The van der Waals surface area contributed by atoms with E-state index in [-0.39, 0.29) is 5.92 Å². The summed E-state index contributed by atoms with van der Waals surface area (Å²) in [5.74, 6) is -0.0844. The first-order valence-electron chi connectivity index (χ1n) is 7.86. The lowest BCUT2D eigenvalue weighted by atomic mass is 9.88. The van der Waals surface area contributed by atoms with Crippen LogP contribution in [-0.4, -0.2) is 5.11 Å². The van der Waals surface area contributed by atoms with Crippen LogP contribution in [0.2, 0.25) is 0 Å². The fourth-order valence-electron chi connectivity index (χ4n) is 2.71. The fourth-order valence-corrected chi connectivity index (χ4v) is 2.71. The zero-order valence-electron chi connectivity index (χ0n) is 12.9. The van der Waals surface area contributed by atoms with Gasteiger partial charge in [-0.05, 0) is 16.7 Å². The first kappa shape index (κ1) is 15.3. The van der Waals surface area contributed by atoms with E-state index in [1.807, 2.05) is 66.7 Å². The molecule has 0 radical (unpaired) electrons. The van der Waals surface area contributed by atoms with Crippen molar-refractivity contribution in [3.63, 3.8) is 0 Å². The van der Waals surface area contributed by atoms with Gasteiger partial charge in [-0.15, -0.1) is 0 Å². The lowest BCUT2D eigenvalue weighted by molar-refractivity contribution is 0.162. The second kappa shape index (κ2) is 7.57. The number of benzene rings is 3. The Hall–Kier alpha value is -2.64. The van der Waals surface area contributed by atoms with Crippen molar-refractivity contribution in [2.24, 2.45) is 0 Å². The van der Waals surface area contributed by atoms with Crippen molar-refractivity contribution in [2.75, 3.05) is 0 Å². The molecule has 0 aromatic heterocycles. The molecule has 1 N–H and O–H groups in total. The zero-order valence-corrected chi connectivity index (χ0v) is 12.9. The maximum absolute atomic E-state index is 10.9. The summed E-state index contributed by atoms with van der Waals surface area (Å²) < 4.78 is 0. The summed E-state index contributed by atoms with van der Waals surface area (Å²) in [5, 5.41) is 10.9. The smallest absolute Gasteiger partial charge is 0.0893 e. The van der Waals surface area contributed by atoms with Gasteiger partial charge in [-0.2, -0.15) is 0 Å². The highest BCUT2D eigenvalue weighted by Crippen LogP contribution is 2.32. The van der Waals surface area contributed by atoms with Crippen LogP contribution in [0.5, 0.6) is 0 Å². The lowest BCUT2D eigenvalue weighted by Gasteiger charge is -2.21. The van der Waals surface area contributed by atoms with Gasteiger partial charge in [-0.25, -0.2) is 0 Å². The second-order valence-corrected chi connectivity index (χ2v) is 5.56. The van der Waals surface area contributed by atoms with E-state index < -0.39 is 6.10 Å². The average Bonchev–Trinajstić information content (AvgIpc) is 2.64. The fraction of sp³-hybridized carbons (Fsp3) is 0.0909. The molecule has 23 heavy (non-hydrogen) atoms. The van der Waals surface area contributed by atoms with Crippen molar-refractivity contribution < 1.29 is 5.11 Å². The minimum Gasteiger partial charge on any atom is -0.387 e. The second-order valence-electron chi connectivity index (χ2n) is 5.56. The Balaban J connectivity index is 1.93. The number of aliphatic hydroxyl groups is 1. The van der Waals surface area contributed by atoms with Gasteiger partial charge in [-0.1, -0.05) is 103 Å². The molecule has 1 nitrogen and oxygen atoms in total. The maximum Gasteiger partial charge on any atom is 0.0893 e. The molecule has 0 unspecified atom stereocenters. The highest BCUT2D eigenvalue weighted by molar-refractivity contribution is 5.51. The van der Waals surface area contributed by atoms with E-state index in [9.17, 15) is 5.11 Å². The maximum atomic E-state index is 10.9. The van der Waals surface area contributed by atoms with Crippen LogP contribution in [-0.2, 0) is 0 Å². The van der Waals surface area contributed by atoms with Crippen LogP contribution in [0, 0.1) is 0 Å². The molecule has 2 atom stereocenters. The van der Waals surface area contributed by atoms with Crippen molar-refractivity contribution in [1.29, 1.82) is 0 Å². The summed E-state index contributed by atoms with van der Waals surface area (Å²) in [6.45, 7) is 0. The summed E-state index contributed by atoms with van der Waals surface area (Å²) >= 11 is 0. The van der Waals surface area contributed by atoms with Gasteiger partial charge in [0.25, 0.3) is 0 Å². The first-order valence-corrected chi connectivity index (χ1v) is 7.86. The molecule has 0 saturated heterocycles. The van der Waals surface area contributed by atoms with E-state index in [2.05, 4.69) is 36.4 Å². The Bertz CT molecular complexity index is 733. The molecule has 1 heteroatoms. The van der Waals surface area contributed by atoms with Crippen molar-refractivity contribution in [3.8, 4) is 0 Å². The normalized spacial score (nSPS) is 13.8. The Morgan fingerprint density at radius 2 is 1.09 bits per heavy atom. The molecule has 0 spiro atoms. The number of aliphatic hydroxyl groups excluding tert-OH is 1. The van der Waals surface area contributed by atoms with Crippen molar-refractivity contribution in [1.82, 2.24) is 0 Å². The van der Waals surface area contributed by atoms with Crippen LogP contribution >= 0.6 is 0 Å². The highest BCUT2D eigenvalue weighted by Gasteiger charge is 2.19. The third-order valence-electron chi connectivity index (χ3n) is 3.96. The SMILES string of the molecule is O[C@@H](c1ccccc1)[C@@H](/C=C\c1ccccc1)c1ccccc1. The molecule has 0 fully saturated rings. The van der Waals surface area contributed by atoms with E-state index in [4.69, 9.17) is 0 Å². The quantitative estimate of drug-likeness (QED) is 0.685. The van der Waals surface area contributed by atoms with E-state index in [1.165, 1.54) is 0 Å². The molecule has 3 aromatic carbocycles. The van der Waals surface area contributed by atoms with Crippen LogP contribution in [0.4, 0.5) is 0 Å². The van der Waals surface area contributed by atoms with E-state index in [0.29, 0.717) is 0 Å². The molecule has 0 saturated carbocycles. The van der Waals surface area contributed by atoms with Gasteiger partial charge in [0.1, 0.15) is 0 Å². The minimum absolute atomic E-state index is 0.0844. The first-order chi connectivity index (χ1) is 11.3. The Labute approximate surface area is 137 Å². The molecule has 0 heterocycles. The molecule has 114 valence electrons. The summed E-state index contributed by atoms with van der Waals surface area (Å²) in [7, 11) is 0. The van der Waals surface area contributed by atoms with E-state index >= 15 is 0 Å². The van der Waals surface area contributed by atoms with E-state index in [1.54, 1.807) is 0 Å². The molecule has 3 rings (SSSR count). The van der Waals surface area contributed by atoms with Crippen molar-refractivity contribution in [3.05, 3.63) is 114 Å². The monoisotopic (exact) mass is 300 g/mol. The lowest BCUT2D eigenvalue weighted by Crippen LogP contribution is -2.08. The molecule has 0 amide bonds. The topological polar surface area (TPSA) is 20.2 Å². The predicted molar refractivity (Wildman–Crippen MR) is 96.1 cm³/mol. The minimum atomic E-state index is -0.571. The van der Waals surface area contributed by atoms with Gasteiger partial charge < -0.3 is 5.11 Å². The van der Waals surface area contributed by atoms with Gasteiger partial charge in [0.05, 0.1) is 6.10 Å². The number of rotatable bonds is 5. The van der Waals surface area contributed by atoms with Crippen LogP contribution in [0.15, 0.2) is 97.1 Å². The average molecular weight is 300 g/mol.